The first-order chi connectivity index (χ1) is 30.7. The van der Waals surface area contributed by atoms with Gasteiger partial charge in [-0.25, -0.2) is 9.18 Å². The number of ether oxygens (including phenoxy) is 4. The van der Waals surface area contributed by atoms with Crippen molar-refractivity contribution in [3.05, 3.63) is 136 Å². The van der Waals surface area contributed by atoms with E-state index < -0.39 is 28.8 Å². The van der Waals surface area contributed by atoms with Gasteiger partial charge in [0.15, 0.2) is 0 Å². The van der Waals surface area contributed by atoms with Gasteiger partial charge in [-0.3, -0.25) is 15.0 Å². The van der Waals surface area contributed by atoms with Gasteiger partial charge in [-0.05, 0) is 97.9 Å². The molecule has 14 heteroatoms. The standard InChI is InChI=1S/C49H60FN3O10/c1-4-7-28-59-48(56)52(24-5-2)45-31-43(51-62-32-34-18-20-37(21-19-34)53(57)58)40-29-35(14-10-12-25-54)39(16-11-13-26-55)46-41-30-38(60-33-36-15-8-9-17-42(36)50)22-23-44(41)63-49(45,47(40)46)61-27-6-3/h4,6,8-9,15,17-23,29-30,35,39,45-47,54-55H,1,3,5,7,10-14,16,24-28,31-33H2,2H3/t35-,39+,45-,46+,47+,49+/m0/s1. The third-order valence-corrected chi connectivity index (χ3v) is 12.2. The molecule has 6 atom stereocenters. The van der Waals surface area contributed by atoms with Crippen molar-refractivity contribution in [1.29, 1.82) is 0 Å². The van der Waals surface area contributed by atoms with Gasteiger partial charge in [0.25, 0.3) is 5.69 Å². The van der Waals surface area contributed by atoms with E-state index in [1.807, 2.05) is 19.1 Å². The molecule has 6 rings (SSSR count). The van der Waals surface area contributed by atoms with Crippen molar-refractivity contribution in [2.45, 2.75) is 95.7 Å². The number of aliphatic hydroxyl groups is 2. The Bertz CT molecular complexity index is 2090. The third kappa shape index (κ3) is 11.0. The van der Waals surface area contributed by atoms with Gasteiger partial charge in [0, 0.05) is 55.4 Å². The Morgan fingerprint density at radius 3 is 2.49 bits per heavy atom. The Morgan fingerprint density at radius 2 is 1.79 bits per heavy atom. The van der Waals surface area contributed by atoms with Crippen LogP contribution in [0.4, 0.5) is 14.9 Å². The number of rotatable bonds is 24. The number of nitro benzene ring substituents is 1. The summed E-state index contributed by atoms with van der Waals surface area (Å²) in [7, 11) is 0. The fourth-order valence-corrected chi connectivity index (χ4v) is 9.34. The molecule has 63 heavy (non-hydrogen) atoms. The van der Waals surface area contributed by atoms with Crippen molar-refractivity contribution in [2.24, 2.45) is 22.9 Å². The average molecular weight is 870 g/mol. The summed E-state index contributed by atoms with van der Waals surface area (Å²) in [5.41, 5.74) is 3.35. The SMILES string of the molecule is C=CCCOC(=O)N(CCC)[C@H]1CC(=NOCc2ccc([N+](=O)[O-])cc2)C2=C[C@H](CCCCO)[C@@H](CCCCO)[C@@H]3c4cc(OCc5ccccc5F)ccc4O[C@@]1(OCC=C)[C@H]23. The lowest BCUT2D eigenvalue weighted by Gasteiger charge is -2.59. The van der Waals surface area contributed by atoms with E-state index in [4.69, 9.17) is 28.9 Å². The summed E-state index contributed by atoms with van der Waals surface area (Å²) >= 11 is 0. The maximum absolute atomic E-state index is 14.8. The Morgan fingerprint density at radius 1 is 1.03 bits per heavy atom. The molecular formula is C49H60FN3O10. The summed E-state index contributed by atoms with van der Waals surface area (Å²) in [4.78, 5) is 32.9. The summed E-state index contributed by atoms with van der Waals surface area (Å²) in [5, 5.41) is 36.0. The number of fused-ring (bicyclic) bond motifs is 2. The summed E-state index contributed by atoms with van der Waals surface area (Å²) < 4.78 is 41.1. The second kappa shape index (κ2) is 22.7. The van der Waals surface area contributed by atoms with Gasteiger partial charge in [0.1, 0.15) is 36.6 Å². The molecule has 0 unspecified atom stereocenters. The van der Waals surface area contributed by atoms with Crippen molar-refractivity contribution in [3.63, 3.8) is 0 Å². The number of non-ortho nitro benzene ring substituents is 1. The summed E-state index contributed by atoms with van der Waals surface area (Å²) in [5.74, 6) is -1.69. The number of benzene rings is 3. The van der Waals surface area contributed by atoms with Crippen molar-refractivity contribution in [3.8, 4) is 11.5 Å². The lowest BCUT2D eigenvalue weighted by molar-refractivity contribution is -0.384. The number of hydrogen-bond acceptors (Lipinski definition) is 11. The summed E-state index contributed by atoms with van der Waals surface area (Å²) in [6.07, 6.45) is 10.5. The van der Waals surface area contributed by atoms with Crippen molar-refractivity contribution >= 4 is 17.5 Å². The largest absolute Gasteiger partial charge is 0.489 e. The zero-order chi connectivity index (χ0) is 44.8. The molecule has 0 bridgehead atoms. The van der Waals surface area contributed by atoms with Gasteiger partial charge in [-0.2, -0.15) is 0 Å². The summed E-state index contributed by atoms with van der Waals surface area (Å²) in [6, 6.07) is 17.4. The minimum absolute atomic E-state index is 0.00653. The van der Waals surface area contributed by atoms with E-state index >= 15 is 0 Å². The van der Waals surface area contributed by atoms with E-state index in [-0.39, 0.29) is 75.3 Å². The van der Waals surface area contributed by atoms with Crippen LogP contribution >= 0.6 is 0 Å². The van der Waals surface area contributed by atoms with Gasteiger partial charge in [0.2, 0.25) is 5.79 Å². The Labute approximate surface area is 369 Å². The zero-order valence-electron chi connectivity index (χ0n) is 36.1. The number of amides is 1. The monoisotopic (exact) mass is 869 g/mol. The first kappa shape index (κ1) is 46.9. The predicted octanol–water partition coefficient (Wildman–Crippen LogP) is 9.57. The maximum Gasteiger partial charge on any atom is 0.410 e. The second-order valence-electron chi connectivity index (χ2n) is 16.2. The van der Waals surface area contributed by atoms with Crippen LogP contribution < -0.4 is 9.47 Å². The molecule has 13 nitrogen and oxygen atoms in total. The normalized spacial score (nSPS) is 22.8. The van der Waals surface area contributed by atoms with E-state index in [1.165, 1.54) is 18.2 Å². The fourth-order valence-electron chi connectivity index (χ4n) is 9.34. The lowest BCUT2D eigenvalue weighted by atomic mass is 9.55. The molecule has 1 heterocycles. The number of nitro groups is 1. The third-order valence-electron chi connectivity index (χ3n) is 12.2. The Kier molecular flexibility index (Phi) is 16.9. The van der Waals surface area contributed by atoms with E-state index in [0.717, 1.165) is 36.8 Å². The van der Waals surface area contributed by atoms with Gasteiger partial charge in [-0.1, -0.05) is 61.3 Å². The molecule has 3 aromatic rings. The highest BCUT2D eigenvalue weighted by Crippen LogP contribution is 2.62. The van der Waals surface area contributed by atoms with Crippen LogP contribution in [-0.4, -0.2) is 76.6 Å². The van der Waals surface area contributed by atoms with E-state index in [1.54, 1.807) is 53.5 Å². The number of allylic oxidation sites excluding steroid dienone is 1. The highest BCUT2D eigenvalue weighted by Gasteiger charge is 2.65. The van der Waals surface area contributed by atoms with Gasteiger partial charge < -0.3 is 34.0 Å². The van der Waals surface area contributed by atoms with E-state index in [2.05, 4.69) is 19.2 Å². The average Bonchev–Trinajstić information content (AvgIpc) is 3.29. The molecule has 338 valence electrons. The molecule has 2 aliphatic carbocycles. The highest BCUT2D eigenvalue weighted by molar-refractivity contribution is 6.03. The van der Waals surface area contributed by atoms with E-state index in [0.29, 0.717) is 60.6 Å². The Balaban J connectivity index is 1.54. The second-order valence-corrected chi connectivity index (χ2v) is 16.2. The number of unbranched alkanes of at least 4 members (excludes halogenated alkanes) is 2. The molecule has 0 radical (unpaired) electrons. The van der Waals surface area contributed by atoms with Crippen molar-refractivity contribution in [2.75, 3.05) is 33.0 Å². The number of halogens is 1. The minimum atomic E-state index is -1.48. The van der Waals surface area contributed by atoms with Gasteiger partial charge in [-0.15, -0.1) is 13.2 Å². The molecule has 3 aromatic carbocycles. The quantitative estimate of drug-likeness (QED) is 0.0384. The van der Waals surface area contributed by atoms with Crippen LogP contribution in [0.3, 0.4) is 0 Å². The first-order valence-electron chi connectivity index (χ1n) is 22.0. The smallest absolute Gasteiger partial charge is 0.410 e. The van der Waals surface area contributed by atoms with Crippen LogP contribution in [0.15, 0.2) is 109 Å². The van der Waals surface area contributed by atoms with Crippen molar-refractivity contribution in [1.82, 2.24) is 4.90 Å². The molecule has 1 saturated carbocycles. The number of carbonyl (C=O) groups excluding carboxylic acids is 1. The molecule has 1 aliphatic heterocycles. The van der Waals surface area contributed by atoms with Crippen LogP contribution in [0.25, 0.3) is 0 Å². The predicted molar refractivity (Wildman–Crippen MR) is 237 cm³/mol. The maximum atomic E-state index is 14.8. The molecule has 0 saturated heterocycles. The van der Waals surface area contributed by atoms with Crippen LogP contribution in [0.1, 0.15) is 87.3 Å². The van der Waals surface area contributed by atoms with Gasteiger partial charge in [0.05, 0.1) is 29.8 Å². The molecular weight excluding hydrogens is 810 g/mol. The first-order valence-corrected chi connectivity index (χ1v) is 22.0. The molecule has 2 N–H and O–H groups in total. The topological polar surface area (TPSA) is 162 Å². The highest BCUT2D eigenvalue weighted by atomic mass is 19.1. The molecule has 1 amide bonds. The van der Waals surface area contributed by atoms with Crippen LogP contribution in [0.5, 0.6) is 11.5 Å². The number of hydrogen-bond donors (Lipinski definition) is 2. The van der Waals surface area contributed by atoms with Crippen LogP contribution in [-0.2, 0) is 27.5 Å². The zero-order valence-corrected chi connectivity index (χ0v) is 36.1. The van der Waals surface area contributed by atoms with Crippen LogP contribution in [0, 0.1) is 33.7 Å². The van der Waals surface area contributed by atoms with E-state index in [9.17, 15) is 29.5 Å². The molecule has 0 aromatic heterocycles. The Hall–Kier alpha value is -5.57. The number of aliphatic hydroxyl groups excluding tert-OH is 2. The summed E-state index contributed by atoms with van der Waals surface area (Å²) in [6.45, 7) is 10.4. The molecule has 1 fully saturated rings. The van der Waals surface area contributed by atoms with Crippen molar-refractivity contribution < 1.29 is 48.1 Å². The number of oxime groups is 1. The molecule has 3 aliphatic rings. The van der Waals surface area contributed by atoms with Gasteiger partial charge >= 0.3 is 6.09 Å². The number of carbonyl (C=O) groups is 1. The number of nitrogens with zero attached hydrogens (tertiary/aromatic N) is 3. The van der Waals surface area contributed by atoms with Crippen LogP contribution in [0.2, 0.25) is 0 Å². The lowest BCUT2D eigenvalue weighted by Crippen LogP contribution is -2.70. The molecule has 0 spiro atoms. The fraction of sp³-hybridized carbons (Fsp3) is 0.469. The minimum Gasteiger partial charge on any atom is -0.489 e.